The highest BCUT2D eigenvalue weighted by molar-refractivity contribution is 5.72. The largest absolute Gasteiger partial charge is 0.479 e. The normalized spacial score (nSPS) is 22.6. The van der Waals surface area contributed by atoms with Crippen LogP contribution in [0.2, 0.25) is 0 Å². The van der Waals surface area contributed by atoms with E-state index in [0.29, 0.717) is 19.2 Å². The monoisotopic (exact) mass is 258 g/mol. The van der Waals surface area contributed by atoms with Gasteiger partial charge in [-0.05, 0) is 39.9 Å². The lowest BCUT2D eigenvalue weighted by Crippen LogP contribution is -2.43. The third kappa shape index (κ3) is 4.55. The van der Waals surface area contributed by atoms with Crippen molar-refractivity contribution in [2.75, 3.05) is 39.8 Å². The summed E-state index contributed by atoms with van der Waals surface area (Å²) in [5.74, 6) is -0.873. The molecule has 2 unspecified atom stereocenters. The molecule has 1 aliphatic heterocycles. The van der Waals surface area contributed by atoms with E-state index in [-0.39, 0.29) is 0 Å². The Labute approximate surface area is 110 Å². The van der Waals surface area contributed by atoms with E-state index in [4.69, 9.17) is 9.84 Å². The number of carboxylic acids is 1. The van der Waals surface area contributed by atoms with Crippen LogP contribution in [-0.4, -0.2) is 72.9 Å². The lowest BCUT2D eigenvalue weighted by atomic mass is 10.2. The first-order chi connectivity index (χ1) is 8.58. The molecule has 1 fully saturated rings. The number of ether oxygens (including phenoxy) is 1. The van der Waals surface area contributed by atoms with Gasteiger partial charge in [-0.25, -0.2) is 4.79 Å². The first-order valence-electron chi connectivity index (χ1n) is 6.85. The van der Waals surface area contributed by atoms with Crippen LogP contribution in [0.15, 0.2) is 0 Å². The van der Waals surface area contributed by atoms with Crippen molar-refractivity contribution in [3.05, 3.63) is 0 Å². The highest BCUT2D eigenvalue weighted by atomic mass is 16.5. The van der Waals surface area contributed by atoms with Crippen LogP contribution in [0.3, 0.4) is 0 Å². The Bertz CT molecular complexity index is 261. The van der Waals surface area contributed by atoms with Crippen LogP contribution in [0.5, 0.6) is 0 Å². The molecule has 0 bridgehead atoms. The molecule has 0 aliphatic carbocycles. The SMILES string of the molecule is CCOC(CN(C)CC1CCCN1CC)C(=O)O. The minimum absolute atomic E-state index is 0.440. The van der Waals surface area contributed by atoms with Crippen molar-refractivity contribution >= 4 is 5.97 Å². The van der Waals surface area contributed by atoms with Gasteiger partial charge in [-0.2, -0.15) is 0 Å². The van der Waals surface area contributed by atoms with Crippen LogP contribution in [0, 0.1) is 0 Å². The highest BCUT2D eigenvalue weighted by Crippen LogP contribution is 2.17. The van der Waals surface area contributed by atoms with Crippen molar-refractivity contribution in [1.29, 1.82) is 0 Å². The van der Waals surface area contributed by atoms with E-state index in [0.717, 1.165) is 13.1 Å². The van der Waals surface area contributed by atoms with Crippen molar-refractivity contribution in [2.45, 2.75) is 38.8 Å². The Morgan fingerprint density at radius 3 is 2.83 bits per heavy atom. The molecular weight excluding hydrogens is 232 g/mol. The summed E-state index contributed by atoms with van der Waals surface area (Å²) in [7, 11) is 1.97. The first kappa shape index (κ1) is 15.4. The molecule has 0 aromatic heterocycles. The topological polar surface area (TPSA) is 53.0 Å². The van der Waals surface area contributed by atoms with Gasteiger partial charge in [0.2, 0.25) is 0 Å². The van der Waals surface area contributed by atoms with Gasteiger partial charge in [0.15, 0.2) is 6.10 Å². The van der Waals surface area contributed by atoms with E-state index in [9.17, 15) is 4.79 Å². The predicted molar refractivity (Wildman–Crippen MR) is 70.8 cm³/mol. The average Bonchev–Trinajstić information content (AvgIpc) is 2.75. The van der Waals surface area contributed by atoms with Crippen molar-refractivity contribution in [3.63, 3.8) is 0 Å². The Morgan fingerprint density at radius 2 is 2.28 bits per heavy atom. The van der Waals surface area contributed by atoms with Gasteiger partial charge in [-0.15, -0.1) is 0 Å². The third-order valence-corrected chi connectivity index (χ3v) is 3.55. The third-order valence-electron chi connectivity index (χ3n) is 3.55. The van der Waals surface area contributed by atoms with Crippen LogP contribution in [-0.2, 0) is 9.53 Å². The molecule has 18 heavy (non-hydrogen) atoms. The summed E-state index contributed by atoms with van der Waals surface area (Å²) in [6.07, 6.45) is 1.75. The number of rotatable bonds is 8. The van der Waals surface area contributed by atoms with Crippen molar-refractivity contribution < 1.29 is 14.6 Å². The molecule has 0 aromatic rings. The number of likely N-dealkylation sites (tertiary alicyclic amines) is 1. The van der Waals surface area contributed by atoms with E-state index in [1.807, 2.05) is 14.0 Å². The number of hydrogen-bond acceptors (Lipinski definition) is 4. The van der Waals surface area contributed by atoms with Gasteiger partial charge in [0, 0.05) is 25.7 Å². The molecule has 5 nitrogen and oxygen atoms in total. The Morgan fingerprint density at radius 1 is 1.56 bits per heavy atom. The highest BCUT2D eigenvalue weighted by Gasteiger charge is 2.26. The number of carbonyl (C=O) groups is 1. The van der Waals surface area contributed by atoms with Crippen LogP contribution in [0.4, 0.5) is 0 Å². The van der Waals surface area contributed by atoms with Gasteiger partial charge in [0.05, 0.1) is 0 Å². The van der Waals surface area contributed by atoms with E-state index in [2.05, 4.69) is 16.7 Å². The summed E-state index contributed by atoms with van der Waals surface area (Å²) in [4.78, 5) is 15.6. The fraction of sp³-hybridized carbons (Fsp3) is 0.923. The number of aliphatic carboxylic acids is 1. The summed E-state index contributed by atoms with van der Waals surface area (Å²) in [6, 6.07) is 0.566. The molecule has 0 amide bonds. The standard InChI is InChI=1S/C13H26N2O3/c1-4-15-8-6-7-11(15)9-14(3)10-12(13(16)17)18-5-2/h11-12H,4-10H2,1-3H3,(H,16,17). The second-order valence-electron chi connectivity index (χ2n) is 4.93. The van der Waals surface area contributed by atoms with Crippen LogP contribution in [0.25, 0.3) is 0 Å². The molecule has 1 saturated heterocycles. The summed E-state index contributed by atoms with van der Waals surface area (Å²) in [5.41, 5.74) is 0. The molecule has 0 saturated carbocycles. The van der Waals surface area contributed by atoms with E-state index >= 15 is 0 Å². The van der Waals surface area contributed by atoms with Gasteiger partial charge in [0.1, 0.15) is 0 Å². The molecule has 0 aromatic carbocycles. The van der Waals surface area contributed by atoms with Crippen LogP contribution in [0.1, 0.15) is 26.7 Å². The lowest BCUT2D eigenvalue weighted by Gasteiger charge is -2.29. The maximum absolute atomic E-state index is 11.0. The average molecular weight is 258 g/mol. The summed E-state index contributed by atoms with van der Waals surface area (Å²) >= 11 is 0. The quantitative estimate of drug-likeness (QED) is 0.701. The second-order valence-corrected chi connectivity index (χ2v) is 4.93. The molecule has 5 heteroatoms. The maximum atomic E-state index is 11.0. The van der Waals surface area contributed by atoms with Crippen molar-refractivity contribution in [3.8, 4) is 0 Å². The number of nitrogens with zero attached hydrogens (tertiary/aromatic N) is 2. The minimum atomic E-state index is -0.873. The number of hydrogen-bond donors (Lipinski definition) is 1. The van der Waals surface area contributed by atoms with Crippen molar-refractivity contribution in [2.24, 2.45) is 0 Å². The number of likely N-dealkylation sites (N-methyl/N-ethyl adjacent to an activating group) is 2. The molecule has 2 atom stereocenters. The smallest absolute Gasteiger partial charge is 0.334 e. The molecule has 1 aliphatic rings. The minimum Gasteiger partial charge on any atom is -0.479 e. The van der Waals surface area contributed by atoms with Gasteiger partial charge in [0.25, 0.3) is 0 Å². The molecule has 1 rings (SSSR count). The molecule has 1 N–H and O–H groups in total. The van der Waals surface area contributed by atoms with Gasteiger partial charge in [-0.3, -0.25) is 4.90 Å². The Kier molecular flexibility index (Phi) is 6.60. The fourth-order valence-electron chi connectivity index (χ4n) is 2.64. The summed E-state index contributed by atoms with van der Waals surface area (Å²) < 4.78 is 5.24. The zero-order valence-electron chi connectivity index (χ0n) is 11.8. The van der Waals surface area contributed by atoms with Crippen LogP contribution < -0.4 is 0 Å². The molecule has 0 spiro atoms. The maximum Gasteiger partial charge on any atom is 0.334 e. The summed E-state index contributed by atoms with van der Waals surface area (Å²) in [5, 5.41) is 9.05. The molecule has 106 valence electrons. The van der Waals surface area contributed by atoms with Crippen molar-refractivity contribution in [1.82, 2.24) is 9.80 Å². The lowest BCUT2D eigenvalue weighted by molar-refractivity contribution is -0.151. The first-order valence-corrected chi connectivity index (χ1v) is 6.85. The van der Waals surface area contributed by atoms with Gasteiger partial charge in [-0.1, -0.05) is 6.92 Å². The Hall–Kier alpha value is -0.650. The van der Waals surface area contributed by atoms with E-state index < -0.39 is 12.1 Å². The number of carboxylic acid groups (broad SMARTS) is 1. The molecular formula is C13H26N2O3. The van der Waals surface area contributed by atoms with Crippen LogP contribution >= 0.6 is 0 Å². The predicted octanol–water partition coefficient (Wildman–Crippen LogP) is 0.892. The van der Waals surface area contributed by atoms with E-state index in [1.54, 1.807) is 0 Å². The Balaban J connectivity index is 2.39. The van der Waals surface area contributed by atoms with Gasteiger partial charge >= 0.3 is 5.97 Å². The zero-order chi connectivity index (χ0) is 13.5. The second kappa shape index (κ2) is 7.71. The fourth-order valence-corrected chi connectivity index (χ4v) is 2.64. The molecule has 1 heterocycles. The van der Waals surface area contributed by atoms with E-state index in [1.165, 1.54) is 19.4 Å². The van der Waals surface area contributed by atoms with Gasteiger partial charge < -0.3 is 14.7 Å². The zero-order valence-corrected chi connectivity index (χ0v) is 11.8. The summed E-state index contributed by atoms with van der Waals surface area (Å²) in [6.45, 7) is 8.07. The molecule has 0 radical (unpaired) electrons.